The van der Waals surface area contributed by atoms with Gasteiger partial charge in [-0.15, -0.1) is 0 Å². The first-order valence-corrected chi connectivity index (χ1v) is 15.3. The van der Waals surface area contributed by atoms with Crippen LogP contribution in [-0.4, -0.2) is 44.8 Å². The van der Waals surface area contributed by atoms with Gasteiger partial charge in [0.25, 0.3) is 10.0 Å². The van der Waals surface area contributed by atoms with Crippen molar-refractivity contribution in [2.24, 2.45) is 0 Å². The maximum atomic E-state index is 14.4. The third kappa shape index (κ3) is 7.25. The summed E-state index contributed by atoms with van der Waals surface area (Å²) in [5.74, 6) is -0.816. The molecule has 0 aliphatic rings. The van der Waals surface area contributed by atoms with Gasteiger partial charge in [-0.25, -0.2) is 8.42 Å². The van der Waals surface area contributed by atoms with Crippen LogP contribution >= 0.6 is 0 Å². The lowest BCUT2D eigenvalue weighted by Gasteiger charge is -2.34. The van der Waals surface area contributed by atoms with E-state index in [4.69, 9.17) is 0 Å². The summed E-state index contributed by atoms with van der Waals surface area (Å²) >= 11 is 0. The Morgan fingerprint density at radius 2 is 1.40 bits per heavy atom. The van der Waals surface area contributed by atoms with Crippen LogP contribution in [0.4, 0.5) is 5.69 Å². The number of amides is 2. The largest absolute Gasteiger partial charge is 0.357 e. The molecule has 4 aromatic carbocycles. The molecule has 0 saturated carbocycles. The molecule has 1 N–H and O–H groups in total. The van der Waals surface area contributed by atoms with E-state index in [1.807, 2.05) is 87.5 Å². The van der Waals surface area contributed by atoms with Gasteiger partial charge < -0.3 is 10.2 Å². The highest BCUT2D eigenvalue weighted by Crippen LogP contribution is 2.28. The van der Waals surface area contributed by atoms with Crippen molar-refractivity contribution in [3.05, 3.63) is 131 Å². The molecule has 0 aliphatic carbocycles. The summed E-state index contributed by atoms with van der Waals surface area (Å²) in [6.45, 7) is 5.31. The zero-order valence-electron chi connectivity index (χ0n) is 24.4. The number of nitrogens with one attached hydrogen (secondary N) is 1. The van der Waals surface area contributed by atoms with Crippen LogP contribution in [0.5, 0.6) is 0 Å². The van der Waals surface area contributed by atoms with Gasteiger partial charge in [-0.05, 0) is 55.7 Å². The first-order chi connectivity index (χ1) is 20.1. The molecule has 0 heterocycles. The van der Waals surface area contributed by atoms with Crippen molar-refractivity contribution in [2.45, 2.75) is 44.7 Å². The van der Waals surface area contributed by atoms with E-state index in [-0.39, 0.29) is 23.8 Å². The van der Waals surface area contributed by atoms with Crippen LogP contribution < -0.4 is 9.62 Å². The van der Waals surface area contributed by atoms with Gasteiger partial charge in [0.2, 0.25) is 11.8 Å². The van der Waals surface area contributed by atoms with E-state index in [0.29, 0.717) is 11.3 Å². The quantitative estimate of drug-likeness (QED) is 0.263. The van der Waals surface area contributed by atoms with Crippen molar-refractivity contribution >= 4 is 27.5 Å². The second kappa shape index (κ2) is 13.5. The van der Waals surface area contributed by atoms with Crippen LogP contribution in [0, 0.1) is 20.8 Å². The Morgan fingerprint density at radius 3 is 2.05 bits per heavy atom. The van der Waals surface area contributed by atoms with E-state index >= 15 is 0 Å². The average Bonchev–Trinajstić information content (AvgIpc) is 2.98. The second-order valence-electron chi connectivity index (χ2n) is 10.4. The number of rotatable bonds is 11. The summed E-state index contributed by atoms with van der Waals surface area (Å²) in [5.41, 5.74) is 4.78. The van der Waals surface area contributed by atoms with Crippen LogP contribution in [0.25, 0.3) is 0 Å². The van der Waals surface area contributed by atoms with E-state index in [2.05, 4.69) is 5.32 Å². The number of benzene rings is 4. The normalized spacial score (nSPS) is 11.9. The first kappa shape index (κ1) is 30.5. The van der Waals surface area contributed by atoms with Gasteiger partial charge in [0, 0.05) is 20.0 Å². The summed E-state index contributed by atoms with van der Waals surface area (Å²) < 4.78 is 29.3. The van der Waals surface area contributed by atoms with Crippen molar-refractivity contribution in [2.75, 3.05) is 17.9 Å². The molecule has 0 aliphatic heterocycles. The molecular formula is C34H37N3O4S. The fourth-order valence-corrected chi connectivity index (χ4v) is 6.40. The fourth-order valence-electron chi connectivity index (χ4n) is 4.92. The zero-order valence-corrected chi connectivity index (χ0v) is 25.3. The van der Waals surface area contributed by atoms with Gasteiger partial charge in [0.1, 0.15) is 12.6 Å². The van der Waals surface area contributed by atoms with Crippen LogP contribution in [0.15, 0.2) is 108 Å². The summed E-state index contributed by atoms with van der Waals surface area (Å²) in [5, 5.41) is 2.71. The van der Waals surface area contributed by atoms with Gasteiger partial charge in [0.15, 0.2) is 0 Å². The van der Waals surface area contributed by atoms with E-state index in [1.165, 1.54) is 11.9 Å². The molecule has 0 spiro atoms. The molecule has 0 aromatic heterocycles. The number of likely N-dealkylation sites (N-methyl/N-ethyl adjacent to an activating group) is 1. The maximum Gasteiger partial charge on any atom is 0.264 e. The minimum Gasteiger partial charge on any atom is -0.357 e. The number of para-hydroxylation sites is 1. The second-order valence-corrected chi connectivity index (χ2v) is 12.3. The number of carbonyl (C=O) groups excluding carboxylic acids is 2. The molecule has 8 heteroatoms. The third-order valence-electron chi connectivity index (χ3n) is 7.22. The highest BCUT2D eigenvalue weighted by atomic mass is 32.2. The number of hydrogen-bond acceptors (Lipinski definition) is 4. The number of nitrogens with zero attached hydrogens (tertiary/aromatic N) is 2. The lowest BCUT2D eigenvalue weighted by atomic mass is 10.0. The Morgan fingerprint density at radius 1 is 0.762 bits per heavy atom. The molecule has 0 radical (unpaired) electrons. The highest BCUT2D eigenvalue weighted by Gasteiger charge is 2.34. The zero-order chi connectivity index (χ0) is 30.3. The number of sulfonamides is 1. The lowest BCUT2D eigenvalue weighted by Crippen LogP contribution is -2.53. The molecule has 7 nitrogen and oxygen atoms in total. The minimum absolute atomic E-state index is 0.0847. The molecule has 0 saturated heterocycles. The molecule has 4 rings (SSSR count). The molecular weight excluding hydrogens is 546 g/mol. The summed E-state index contributed by atoms with van der Waals surface area (Å²) in [6, 6.07) is 30.0. The highest BCUT2D eigenvalue weighted by molar-refractivity contribution is 7.92. The summed E-state index contributed by atoms with van der Waals surface area (Å²) in [4.78, 5) is 29.3. The van der Waals surface area contributed by atoms with Crippen LogP contribution in [0.3, 0.4) is 0 Å². The van der Waals surface area contributed by atoms with Crippen molar-refractivity contribution in [3.63, 3.8) is 0 Å². The monoisotopic (exact) mass is 583 g/mol. The van der Waals surface area contributed by atoms with Crippen LogP contribution in [0.1, 0.15) is 27.8 Å². The number of aryl methyl sites for hydroxylation is 3. The molecule has 0 fully saturated rings. The van der Waals surface area contributed by atoms with Gasteiger partial charge in [-0.1, -0.05) is 96.1 Å². The molecule has 2 amide bonds. The fraction of sp³-hybridized carbons (Fsp3) is 0.235. The minimum atomic E-state index is -4.13. The summed E-state index contributed by atoms with van der Waals surface area (Å²) in [6.07, 6.45) is 0.271. The predicted molar refractivity (Wildman–Crippen MR) is 167 cm³/mol. The Hall–Kier alpha value is -4.43. The molecule has 0 unspecified atom stereocenters. The Bertz CT molecular complexity index is 1640. The topological polar surface area (TPSA) is 86.8 Å². The van der Waals surface area contributed by atoms with Gasteiger partial charge in [0.05, 0.1) is 10.6 Å². The van der Waals surface area contributed by atoms with E-state index in [0.717, 1.165) is 26.6 Å². The smallest absolute Gasteiger partial charge is 0.264 e. The molecule has 4 aromatic rings. The number of hydrogen-bond donors (Lipinski definition) is 1. The Kier molecular flexibility index (Phi) is 9.80. The van der Waals surface area contributed by atoms with Crippen molar-refractivity contribution in [1.82, 2.24) is 10.2 Å². The Balaban J connectivity index is 1.80. The van der Waals surface area contributed by atoms with Gasteiger partial charge in [-0.3, -0.25) is 13.9 Å². The van der Waals surface area contributed by atoms with Crippen molar-refractivity contribution in [1.29, 1.82) is 0 Å². The number of anilines is 1. The van der Waals surface area contributed by atoms with Crippen LogP contribution in [-0.2, 0) is 32.6 Å². The predicted octanol–water partition coefficient (Wildman–Crippen LogP) is 5.19. The van der Waals surface area contributed by atoms with Crippen molar-refractivity contribution < 1.29 is 18.0 Å². The molecule has 0 bridgehead atoms. The van der Waals surface area contributed by atoms with E-state index in [9.17, 15) is 18.0 Å². The standard InChI is InChI=1S/C34H37N3O4S/c1-25-17-19-30(20-18-25)42(40,41)37(31-16-9-8-12-27(31)3)24-33(38)36(23-29-15-10-11-26(2)21-29)32(34(39)35-4)22-28-13-6-5-7-14-28/h5-21,32H,22-24H2,1-4H3,(H,35,39)/t32-/m1/s1. The maximum absolute atomic E-state index is 14.4. The Labute approximate surface area is 248 Å². The van der Waals surface area contributed by atoms with Crippen molar-refractivity contribution in [3.8, 4) is 0 Å². The molecule has 42 heavy (non-hydrogen) atoms. The van der Waals surface area contributed by atoms with Gasteiger partial charge >= 0.3 is 0 Å². The first-order valence-electron chi connectivity index (χ1n) is 13.9. The van der Waals surface area contributed by atoms with Gasteiger partial charge in [-0.2, -0.15) is 0 Å². The average molecular weight is 584 g/mol. The molecule has 1 atom stereocenters. The molecule has 218 valence electrons. The third-order valence-corrected chi connectivity index (χ3v) is 9.00. The van der Waals surface area contributed by atoms with E-state index in [1.54, 1.807) is 36.4 Å². The SMILES string of the molecule is CNC(=O)[C@@H](Cc1ccccc1)N(Cc1cccc(C)c1)C(=O)CN(c1ccccc1C)S(=O)(=O)c1ccc(C)cc1. The summed E-state index contributed by atoms with van der Waals surface area (Å²) in [7, 11) is -2.59. The van der Waals surface area contributed by atoms with Crippen LogP contribution in [0.2, 0.25) is 0 Å². The lowest BCUT2D eigenvalue weighted by molar-refractivity contribution is -0.139. The van der Waals surface area contributed by atoms with E-state index < -0.39 is 28.5 Å². The number of carbonyl (C=O) groups is 2.